The Hall–Kier alpha value is -8.02. The van der Waals surface area contributed by atoms with E-state index in [1.165, 1.54) is 7.05 Å². The Kier molecular flexibility index (Phi) is 19.2. The summed E-state index contributed by atoms with van der Waals surface area (Å²) in [6.07, 6.45) is 0.621. The molecule has 0 aliphatic carbocycles. The fourth-order valence-electron chi connectivity index (χ4n) is 7.41. The highest BCUT2D eigenvalue weighted by Crippen LogP contribution is 2.20. The Morgan fingerprint density at radius 1 is 0.721 bits per heavy atom. The van der Waals surface area contributed by atoms with Crippen LogP contribution in [0, 0.1) is 6.92 Å². The molecule has 0 bridgehead atoms. The number of likely N-dealkylation sites (N-methyl/N-ethyl adjacent to an activating group) is 1. The molecule has 4 aromatic carbocycles. The third-order valence-electron chi connectivity index (χ3n) is 11.2. The number of carbonyl (C=O) groups excluding carboxylic acids is 7. The number of carbonyl (C=O) groups is 8. The number of esters is 1. The zero-order valence-electron chi connectivity index (χ0n) is 38.0. The number of urea groups is 1. The van der Waals surface area contributed by atoms with Crippen molar-refractivity contribution in [3.05, 3.63) is 138 Å². The number of fused-ring (bicyclic) bond motifs is 1. The SMILES string of the molecule is Cc1ccccc1NC(=O)NCCCC[C@H](NC(=O)[C@H](Cc1c[nH]c2ccccc12)NC(=O)CCC(=O)O)C(=O)N[C@@H](CC(=O)OCc1ccccc1)C(=O)N(C)[C@@H](Cc1ccccc1)C(N)=O. The van der Waals surface area contributed by atoms with E-state index in [0.717, 1.165) is 21.4 Å². The second-order valence-corrected chi connectivity index (χ2v) is 16.3. The summed E-state index contributed by atoms with van der Waals surface area (Å²) in [6.45, 7) is 1.90. The molecule has 7 amide bonds. The molecule has 0 saturated heterocycles. The monoisotopic (exact) mass is 930 g/mol. The van der Waals surface area contributed by atoms with Crippen molar-refractivity contribution in [2.45, 2.75) is 89.1 Å². The Morgan fingerprint density at radius 3 is 2.04 bits per heavy atom. The lowest BCUT2D eigenvalue weighted by Crippen LogP contribution is -2.59. The number of nitrogens with one attached hydrogen (secondary N) is 6. The number of carboxylic acids is 1. The molecule has 68 heavy (non-hydrogen) atoms. The van der Waals surface area contributed by atoms with Crippen LogP contribution in [0.2, 0.25) is 0 Å². The van der Waals surface area contributed by atoms with Crippen molar-refractivity contribution in [3.8, 4) is 0 Å². The first-order chi connectivity index (χ1) is 32.7. The maximum Gasteiger partial charge on any atom is 0.319 e. The van der Waals surface area contributed by atoms with Gasteiger partial charge in [-0.15, -0.1) is 0 Å². The van der Waals surface area contributed by atoms with Gasteiger partial charge in [-0.2, -0.15) is 0 Å². The summed E-state index contributed by atoms with van der Waals surface area (Å²) in [5.74, 6) is -6.13. The number of aromatic amines is 1. The molecule has 0 aliphatic heterocycles. The van der Waals surface area contributed by atoms with Crippen LogP contribution in [-0.2, 0) is 57.7 Å². The van der Waals surface area contributed by atoms with Crippen molar-refractivity contribution < 1.29 is 48.2 Å². The minimum atomic E-state index is -1.61. The Balaban J connectivity index is 1.39. The van der Waals surface area contributed by atoms with Crippen LogP contribution in [-0.4, -0.2) is 100 Å². The standard InChI is InChI=1S/C50H58N8O10/c1-32-15-9-11-21-37(32)57-50(67)52-26-14-13-23-39(55-48(65)40(54-43(59)24-25-44(60)61)28-35-30-53-38-22-12-10-20-36(35)38)47(64)56-41(29-45(62)68-31-34-18-7-4-8-19-34)49(66)58(2)42(46(51)63)27-33-16-5-3-6-17-33/h3-12,15-22,30,39-42,53H,13-14,23-29,31H2,1-2H3,(H2,51,63)(H,54,59)(H,55,65)(H,56,64)(H,60,61)(H2,52,57,67)/t39-,40-,41-,42-/m0/s1. The number of ether oxygens (including phenoxy) is 1. The lowest BCUT2D eigenvalue weighted by molar-refractivity contribution is -0.150. The molecular weight excluding hydrogens is 873 g/mol. The van der Waals surface area contributed by atoms with Gasteiger partial charge in [0.25, 0.3) is 0 Å². The van der Waals surface area contributed by atoms with E-state index in [-0.39, 0.29) is 38.8 Å². The summed E-state index contributed by atoms with van der Waals surface area (Å²) >= 11 is 0. The third kappa shape index (κ3) is 15.9. The highest BCUT2D eigenvalue weighted by Gasteiger charge is 2.35. The number of aliphatic carboxylic acids is 1. The van der Waals surface area contributed by atoms with Gasteiger partial charge in [-0.05, 0) is 60.6 Å². The molecule has 4 atom stereocenters. The summed E-state index contributed by atoms with van der Waals surface area (Å²) in [5, 5.41) is 23.5. The maximum atomic E-state index is 14.5. The molecule has 9 N–H and O–H groups in total. The topological polar surface area (TPSA) is 271 Å². The van der Waals surface area contributed by atoms with E-state index >= 15 is 0 Å². The Morgan fingerprint density at radius 2 is 1.35 bits per heavy atom. The van der Waals surface area contributed by atoms with Gasteiger partial charge in [0.2, 0.25) is 29.5 Å². The average Bonchev–Trinajstić information content (AvgIpc) is 3.74. The molecule has 358 valence electrons. The molecule has 18 heteroatoms. The van der Waals surface area contributed by atoms with Crippen LogP contribution in [0.5, 0.6) is 0 Å². The van der Waals surface area contributed by atoms with E-state index in [2.05, 4.69) is 31.6 Å². The van der Waals surface area contributed by atoms with E-state index in [0.29, 0.717) is 28.8 Å². The third-order valence-corrected chi connectivity index (χ3v) is 11.2. The Labute approximate surface area is 393 Å². The van der Waals surface area contributed by atoms with Crippen LogP contribution in [0.15, 0.2) is 115 Å². The molecule has 1 aromatic heterocycles. The molecule has 0 fully saturated rings. The smallest absolute Gasteiger partial charge is 0.319 e. The average molecular weight is 931 g/mol. The highest BCUT2D eigenvalue weighted by atomic mass is 16.5. The molecule has 0 spiro atoms. The van der Waals surface area contributed by atoms with Gasteiger partial charge in [-0.25, -0.2) is 4.79 Å². The quantitative estimate of drug-likeness (QED) is 0.0308. The van der Waals surface area contributed by atoms with Crippen LogP contribution in [0.4, 0.5) is 10.5 Å². The van der Waals surface area contributed by atoms with Crippen molar-refractivity contribution in [2.24, 2.45) is 5.73 Å². The number of amides is 7. The van der Waals surface area contributed by atoms with Gasteiger partial charge in [0.15, 0.2) is 0 Å². The van der Waals surface area contributed by atoms with Gasteiger partial charge < -0.3 is 52.0 Å². The van der Waals surface area contributed by atoms with Crippen molar-refractivity contribution in [3.63, 3.8) is 0 Å². The highest BCUT2D eigenvalue weighted by molar-refractivity contribution is 5.97. The van der Waals surface area contributed by atoms with Crippen LogP contribution in [0.25, 0.3) is 10.9 Å². The van der Waals surface area contributed by atoms with E-state index in [1.807, 2.05) is 43.3 Å². The summed E-state index contributed by atoms with van der Waals surface area (Å²) in [7, 11) is 1.33. The number of nitrogens with zero attached hydrogens (tertiary/aromatic N) is 1. The number of rotatable bonds is 25. The number of nitrogens with two attached hydrogens (primary N) is 1. The van der Waals surface area contributed by atoms with Crippen LogP contribution < -0.4 is 32.3 Å². The lowest BCUT2D eigenvalue weighted by Gasteiger charge is -2.31. The largest absolute Gasteiger partial charge is 0.481 e. The van der Waals surface area contributed by atoms with Crippen LogP contribution in [0.3, 0.4) is 0 Å². The fraction of sp³-hybridized carbons (Fsp3) is 0.320. The van der Waals surface area contributed by atoms with Crippen molar-refractivity contribution in [2.75, 3.05) is 18.9 Å². The summed E-state index contributed by atoms with van der Waals surface area (Å²) in [6, 6.07) is 26.2. The molecular formula is C50H58N8O10. The minimum absolute atomic E-state index is 0.0310. The number of carboxylic acid groups (broad SMARTS) is 1. The minimum Gasteiger partial charge on any atom is -0.481 e. The second kappa shape index (κ2) is 25.6. The zero-order valence-corrected chi connectivity index (χ0v) is 38.0. The fourth-order valence-corrected chi connectivity index (χ4v) is 7.41. The molecule has 5 aromatic rings. The van der Waals surface area contributed by atoms with Gasteiger partial charge in [-0.1, -0.05) is 97.1 Å². The normalized spacial score (nSPS) is 12.6. The van der Waals surface area contributed by atoms with E-state index in [9.17, 15) is 43.5 Å². The molecule has 0 radical (unpaired) electrons. The number of aromatic nitrogens is 1. The number of primary amides is 1. The molecule has 5 rings (SSSR count). The lowest BCUT2D eigenvalue weighted by atomic mass is 10.0. The summed E-state index contributed by atoms with van der Waals surface area (Å²) in [4.78, 5) is 111. The van der Waals surface area contributed by atoms with Crippen LogP contribution >= 0.6 is 0 Å². The number of hydrogen-bond acceptors (Lipinski definition) is 9. The first kappa shape index (κ1) is 51.0. The van der Waals surface area contributed by atoms with E-state index in [4.69, 9.17) is 10.5 Å². The predicted molar refractivity (Wildman–Crippen MR) is 253 cm³/mol. The van der Waals surface area contributed by atoms with Gasteiger partial charge in [0.05, 0.1) is 12.8 Å². The van der Waals surface area contributed by atoms with Crippen molar-refractivity contribution in [1.82, 2.24) is 31.2 Å². The molecule has 18 nitrogen and oxygen atoms in total. The molecule has 0 aliphatic rings. The zero-order chi connectivity index (χ0) is 49.0. The molecule has 0 unspecified atom stereocenters. The first-order valence-electron chi connectivity index (χ1n) is 22.2. The van der Waals surface area contributed by atoms with Crippen molar-refractivity contribution in [1.29, 1.82) is 0 Å². The number of para-hydroxylation sites is 2. The number of aryl methyl sites for hydroxylation is 1. The number of hydrogen-bond donors (Lipinski definition) is 8. The predicted octanol–water partition coefficient (Wildman–Crippen LogP) is 4.02. The van der Waals surface area contributed by atoms with E-state index < -0.39 is 90.9 Å². The Bertz CT molecular complexity index is 2530. The van der Waals surface area contributed by atoms with Crippen LogP contribution in [0.1, 0.15) is 60.8 Å². The number of anilines is 1. The van der Waals surface area contributed by atoms with Gasteiger partial charge >= 0.3 is 18.0 Å². The number of unbranched alkanes of at least 4 members (excludes halogenated alkanes) is 1. The van der Waals surface area contributed by atoms with E-state index in [1.54, 1.807) is 79.0 Å². The van der Waals surface area contributed by atoms with Gasteiger partial charge in [-0.3, -0.25) is 33.6 Å². The first-order valence-corrected chi connectivity index (χ1v) is 22.2. The molecule has 1 heterocycles. The summed E-state index contributed by atoms with van der Waals surface area (Å²) in [5.41, 5.74) is 10.1. The summed E-state index contributed by atoms with van der Waals surface area (Å²) < 4.78 is 5.50. The maximum absolute atomic E-state index is 14.5. The van der Waals surface area contributed by atoms with Crippen molar-refractivity contribution >= 4 is 64.1 Å². The second-order valence-electron chi connectivity index (χ2n) is 16.3. The number of H-pyrrole nitrogens is 1. The van der Waals surface area contributed by atoms with Gasteiger partial charge in [0.1, 0.15) is 30.8 Å². The number of benzene rings is 4. The van der Waals surface area contributed by atoms with Gasteiger partial charge in [0, 0.05) is 55.6 Å². The molecule has 0 saturated carbocycles.